The van der Waals surface area contributed by atoms with Crippen molar-refractivity contribution in [2.45, 2.75) is 6.54 Å². The lowest BCUT2D eigenvalue weighted by Gasteiger charge is -2.34. The molecule has 1 fully saturated rings. The molecule has 0 atom stereocenters. The van der Waals surface area contributed by atoms with Crippen LogP contribution in [0.15, 0.2) is 41.8 Å². The third-order valence-corrected chi connectivity index (χ3v) is 4.74. The Kier molecular flexibility index (Phi) is 4.52. The van der Waals surface area contributed by atoms with Crippen LogP contribution in [-0.2, 0) is 6.54 Å². The molecule has 0 spiro atoms. The van der Waals surface area contributed by atoms with E-state index < -0.39 is 0 Å². The van der Waals surface area contributed by atoms with E-state index in [1.807, 2.05) is 46.7 Å². The van der Waals surface area contributed by atoms with Gasteiger partial charge in [0.2, 0.25) is 0 Å². The lowest BCUT2D eigenvalue weighted by atomic mass is 10.1. The van der Waals surface area contributed by atoms with E-state index >= 15 is 0 Å². The Labute approximate surface area is 134 Å². The van der Waals surface area contributed by atoms with Gasteiger partial charge in [0.05, 0.1) is 16.5 Å². The average Bonchev–Trinajstić information content (AvgIpc) is 3.10. The summed E-state index contributed by atoms with van der Waals surface area (Å²) in [4.78, 5) is 17.4. The number of carbonyl (C=O) groups excluding carboxylic acids is 1. The van der Waals surface area contributed by atoms with Crippen molar-refractivity contribution in [3.05, 3.63) is 57.8 Å². The normalized spacial score (nSPS) is 15.5. The largest absolute Gasteiger partial charge is 0.335 e. The molecule has 1 aliphatic rings. The molecule has 1 amide bonds. The molecule has 1 aromatic carbocycles. The van der Waals surface area contributed by atoms with Gasteiger partial charge in [0.1, 0.15) is 0 Å². The summed E-state index contributed by atoms with van der Waals surface area (Å²) in [5.74, 6) is 0.146. The molecule has 0 bridgehead atoms. The van der Waals surface area contributed by atoms with Crippen LogP contribution in [0.25, 0.3) is 0 Å². The van der Waals surface area contributed by atoms with Crippen molar-refractivity contribution in [1.29, 1.82) is 5.26 Å². The topological polar surface area (TPSA) is 47.3 Å². The minimum absolute atomic E-state index is 0.146. The van der Waals surface area contributed by atoms with Crippen molar-refractivity contribution < 1.29 is 4.79 Å². The Morgan fingerprint density at radius 3 is 2.45 bits per heavy atom. The van der Waals surface area contributed by atoms with Gasteiger partial charge in [0.25, 0.3) is 5.91 Å². The molecule has 1 saturated heterocycles. The van der Waals surface area contributed by atoms with Crippen molar-refractivity contribution >= 4 is 17.2 Å². The average molecular weight is 311 g/mol. The number of benzene rings is 1. The van der Waals surface area contributed by atoms with E-state index in [0.29, 0.717) is 5.56 Å². The molecule has 0 N–H and O–H groups in total. The van der Waals surface area contributed by atoms with Gasteiger partial charge in [-0.1, -0.05) is 18.2 Å². The summed E-state index contributed by atoms with van der Waals surface area (Å²) in [7, 11) is 0. The van der Waals surface area contributed by atoms with Crippen molar-refractivity contribution in [1.82, 2.24) is 9.80 Å². The number of rotatable bonds is 3. The fraction of sp³-hybridized carbons (Fsp3) is 0.294. The highest BCUT2D eigenvalue weighted by Gasteiger charge is 2.22. The van der Waals surface area contributed by atoms with Crippen LogP contribution in [0.2, 0.25) is 0 Å². The summed E-state index contributed by atoms with van der Waals surface area (Å²) in [5, 5.41) is 10.8. The van der Waals surface area contributed by atoms with Gasteiger partial charge in [-0.05, 0) is 29.1 Å². The molecule has 2 heterocycles. The van der Waals surface area contributed by atoms with E-state index in [1.165, 1.54) is 16.9 Å². The quantitative estimate of drug-likeness (QED) is 0.875. The van der Waals surface area contributed by atoms with E-state index in [2.05, 4.69) is 11.0 Å². The second-order valence-corrected chi connectivity index (χ2v) is 6.30. The second kappa shape index (κ2) is 6.73. The van der Waals surface area contributed by atoms with Crippen molar-refractivity contribution in [3.8, 4) is 6.07 Å². The first-order valence-electron chi connectivity index (χ1n) is 7.30. The Morgan fingerprint density at radius 1 is 1.14 bits per heavy atom. The molecule has 0 saturated carbocycles. The molecule has 4 nitrogen and oxygen atoms in total. The van der Waals surface area contributed by atoms with Crippen LogP contribution < -0.4 is 0 Å². The summed E-state index contributed by atoms with van der Waals surface area (Å²) in [6.07, 6.45) is 0. The summed E-state index contributed by atoms with van der Waals surface area (Å²) < 4.78 is 0. The summed E-state index contributed by atoms with van der Waals surface area (Å²) >= 11 is 1.50. The van der Waals surface area contributed by atoms with Gasteiger partial charge >= 0.3 is 0 Å². The zero-order valence-corrected chi connectivity index (χ0v) is 13.1. The Hall–Kier alpha value is -2.16. The highest BCUT2D eigenvalue weighted by Crippen LogP contribution is 2.15. The van der Waals surface area contributed by atoms with E-state index in [9.17, 15) is 4.79 Å². The van der Waals surface area contributed by atoms with Gasteiger partial charge in [-0.15, -0.1) is 11.3 Å². The molecule has 5 heteroatoms. The molecule has 0 aliphatic carbocycles. The summed E-state index contributed by atoms with van der Waals surface area (Å²) in [6, 6.07) is 13.6. The van der Waals surface area contributed by atoms with Crippen LogP contribution in [-0.4, -0.2) is 41.9 Å². The molecule has 0 radical (unpaired) electrons. The maximum Gasteiger partial charge on any atom is 0.264 e. The fourth-order valence-electron chi connectivity index (χ4n) is 2.61. The Bertz CT molecular complexity index is 665. The molecule has 1 aromatic heterocycles. The number of nitriles is 1. The van der Waals surface area contributed by atoms with Gasteiger partial charge < -0.3 is 4.90 Å². The molecule has 22 heavy (non-hydrogen) atoms. The van der Waals surface area contributed by atoms with Crippen LogP contribution in [0.3, 0.4) is 0 Å². The number of thiophene rings is 1. The summed E-state index contributed by atoms with van der Waals surface area (Å²) in [5.41, 5.74) is 1.90. The van der Waals surface area contributed by atoms with Crippen LogP contribution >= 0.6 is 11.3 Å². The minimum atomic E-state index is 0.146. The second-order valence-electron chi connectivity index (χ2n) is 5.35. The molecule has 112 valence electrons. The van der Waals surface area contributed by atoms with Crippen molar-refractivity contribution in [2.75, 3.05) is 26.2 Å². The Morgan fingerprint density at radius 2 is 1.86 bits per heavy atom. The van der Waals surface area contributed by atoms with E-state index in [0.717, 1.165) is 37.6 Å². The van der Waals surface area contributed by atoms with E-state index in [1.54, 1.807) is 0 Å². The first kappa shape index (κ1) is 14.8. The monoisotopic (exact) mass is 311 g/mol. The number of carbonyl (C=O) groups is 1. The number of hydrogen-bond acceptors (Lipinski definition) is 4. The molecular formula is C17H17N3OS. The predicted octanol–water partition coefficient (Wildman–Crippen LogP) is 2.58. The van der Waals surface area contributed by atoms with Crippen LogP contribution in [0.4, 0.5) is 0 Å². The third kappa shape index (κ3) is 3.35. The van der Waals surface area contributed by atoms with Crippen LogP contribution in [0.5, 0.6) is 0 Å². The van der Waals surface area contributed by atoms with Gasteiger partial charge in [-0.25, -0.2) is 0 Å². The van der Waals surface area contributed by atoms with Crippen LogP contribution in [0.1, 0.15) is 20.8 Å². The first-order chi connectivity index (χ1) is 10.8. The standard InChI is InChI=1S/C17H17N3OS/c18-12-14-3-5-15(6-4-14)13-19-7-9-20(10-8-19)17(21)16-2-1-11-22-16/h1-6,11H,7-10,13H2. The highest BCUT2D eigenvalue weighted by molar-refractivity contribution is 7.12. The number of amides is 1. The SMILES string of the molecule is N#Cc1ccc(CN2CCN(C(=O)c3cccs3)CC2)cc1. The summed E-state index contributed by atoms with van der Waals surface area (Å²) in [6.45, 7) is 4.18. The van der Waals surface area contributed by atoms with Gasteiger partial charge in [0.15, 0.2) is 0 Å². The van der Waals surface area contributed by atoms with E-state index in [4.69, 9.17) is 5.26 Å². The molecule has 2 aromatic rings. The number of piperazine rings is 1. The van der Waals surface area contributed by atoms with Gasteiger partial charge in [-0.2, -0.15) is 5.26 Å². The molecule has 0 unspecified atom stereocenters. The van der Waals surface area contributed by atoms with Crippen molar-refractivity contribution in [3.63, 3.8) is 0 Å². The van der Waals surface area contributed by atoms with Crippen LogP contribution in [0, 0.1) is 11.3 Å². The molecular weight excluding hydrogens is 294 g/mol. The van der Waals surface area contributed by atoms with E-state index in [-0.39, 0.29) is 5.91 Å². The predicted molar refractivity (Wildman–Crippen MR) is 86.7 cm³/mol. The third-order valence-electron chi connectivity index (χ3n) is 3.88. The Balaban J connectivity index is 1.53. The van der Waals surface area contributed by atoms with Gasteiger partial charge in [-0.3, -0.25) is 9.69 Å². The zero-order chi connectivity index (χ0) is 15.4. The fourth-order valence-corrected chi connectivity index (χ4v) is 3.30. The lowest BCUT2D eigenvalue weighted by molar-refractivity contribution is 0.0633. The maximum absolute atomic E-state index is 12.3. The zero-order valence-electron chi connectivity index (χ0n) is 12.2. The number of nitrogens with zero attached hydrogens (tertiary/aromatic N) is 3. The molecule has 1 aliphatic heterocycles. The molecule has 3 rings (SSSR count). The highest BCUT2D eigenvalue weighted by atomic mass is 32.1. The minimum Gasteiger partial charge on any atom is -0.335 e. The van der Waals surface area contributed by atoms with Crippen molar-refractivity contribution in [2.24, 2.45) is 0 Å². The first-order valence-corrected chi connectivity index (χ1v) is 8.18. The number of hydrogen-bond donors (Lipinski definition) is 0. The maximum atomic E-state index is 12.3. The smallest absolute Gasteiger partial charge is 0.264 e. The van der Waals surface area contributed by atoms with Gasteiger partial charge in [0, 0.05) is 32.7 Å². The lowest BCUT2D eigenvalue weighted by Crippen LogP contribution is -2.48.